The number of rotatable bonds is 9. The average Bonchev–Trinajstić information content (AvgIpc) is 3.37. The van der Waals surface area contributed by atoms with Crippen molar-refractivity contribution in [3.63, 3.8) is 0 Å². The lowest BCUT2D eigenvalue weighted by Crippen LogP contribution is -2.00. The van der Waals surface area contributed by atoms with E-state index in [9.17, 15) is 0 Å². The maximum atomic E-state index is 5.20. The smallest absolute Gasteiger partial charge is 0.164 e. The molecule has 0 bridgehead atoms. The van der Waals surface area contributed by atoms with Crippen LogP contribution >= 0.6 is 0 Å². The number of pyridine rings is 1. The predicted molar refractivity (Wildman–Crippen MR) is 260 cm³/mol. The van der Waals surface area contributed by atoms with Gasteiger partial charge in [-0.05, 0) is 52.1 Å². The van der Waals surface area contributed by atoms with Crippen molar-refractivity contribution < 1.29 is 0 Å². The highest BCUT2D eigenvalue weighted by atomic mass is 15.0. The van der Waals surface area contributed by atoms with E-state index in [1.54, 1.807) is 0 Å². The molecule has 0 spiro atoms. The van der Waals surface area contributed by atoms with Gasteiger partial charge in [-0.25, -0.2) is 19.9 Å². The molecule has 5 heteroatoms. The normalized spacial score (nSPS) is 11.2. The predicted octanol–water partition coefficient (Wildman–Crippen LogP) is 15.0. The standard InChI is InChI=1S/C58H39N5/c1-5-16-43(17-6-1)54-51-37-36-49(55(59-48-24-11-4-12-25-48)53(51)50-26-13-14-27-52(50)60-54)42-34-32-40(33-35-42)39-28-30-41(31-29-39)46-22-15-23-47(38-46)58-62-56(44-18-7-2-8-19-44)61-57(63-58)45-20-9-3-10-21-45/h1-38,59H. The number of nitrogens with one attached hydrogen (secondary N) is 1. The molecule has 0 saturated heterocycles. The van der Waals surface area contributed by atoms with Crippen LogP contribution in [-0.2, 0) is 0 Å². The zero-order chi connectivity index (χ0) is 42.0. The third kappa shape index (κ3) is 7.49. The number of hydrogen-bond donors (Lipinski definition) is 1. The van der Waals surface area contributed by atoms with E-state index >= 15 is 0 Å². The maximum absolute atomic E-state index is 5.20. The Morgan fingerprint density at radius 3 is 1.35 bits per heavy atom. The Balaban J connectivity index is 0.934. The quantitative estimate of drug-likeness (QED) is 0.147. The van der Waals surface area contributed by atoms with E-state index in [0.717, 1.165) is 94.4 Å². The van der Waals surface area contributed by atoms with Gasteiger partial charge in [0.1, 0.15) is 0 Å². The third-order valence-corrected chi connectivity index (χ3v) is 11.5. The fraction of sp³-hybridized carbons (Fsp3) is 0. The molecular weight excluding hydrogens is 767 g/mol. The first-order valence-electron chi connectivity index (χ1n) is 21.1. The molecule has 9 aromatic carbocycles. The maximum Gasteiger partial charge on any atom is 0.164 e. The molecule has 63 heavy (non-hydrogen) atoms. The molecule has 0 radical (unpaired) electrons. The van der Waals surface area contributed by atoms with Crippen molar-refractivity contribution >= 4 is 33.1 Å². The van der Waals surface area contributed by atoms with Crippen LogP contribution in [-0.4, -0.2) is 19.9 Å². The van der Waals surface area contributed by atoms with E-state index in [4.69, 9.17) is 19.9 Å². The summed E-state index contributed by atoms with van der Waals surface area (Å²) in [6, 6.07) is 80.0. The van der Waals surface area contributed by atoms with Crippen molar-refractivity contribution in [1.29, 1.82) is 0 Å². The van der Waals surface area contributed by atoms with Gasteiger partial charge in [0, 0.05) is 49.7 Å². The summed E-state index contributed by atoms with van der Waals surface area (Å²) in [7, 11) is 0. The van der Waals surface area contributed by atoms with Crippen LogP contribution in [0.2, 0.25) is 0 Å². The molecule has 1 N–H and O–H groups in total. The highest BCUT2D eigenvalue weighted by Gasteiger charge is 2.18. The van der Waals surface area contributed by atoms with E-state index in [2.05, 4.69) is 163 Å². The second kappa shape index (κ2) is 16.5. The van der Waals surface area contributed by atoms with Gasteiger partial charge in [0.05, 0.1) is 16.9 Å². The van der Waals surface area contributed by atoms with Crippen molar-refractivity contribution in [2.24, 2.45) is 0 Å². The number of aromatic nitrogens is 4. The Morgan fingerprint density at radius 1 is 0.286 bits per heavy atom. The van der Waals surface area contributed by atoms with Gasteiger partial charge in [0.2, 0.25) is 0 Å². The van der Waals surface area contributed by atoms with Crippen molar-refractivity contribution in [3.05, 3.63) is 231 Å². The number of benzene rings is 9. The molecule has 0 amide bonds. The van der Waals surface area contributed by atoms with Gasteiger partial charge in [-0.1, -0.05) is 206 Å². The molecule has 2 aromatic heterocycles. The molecule has 0 aliphatic carbocycles. The summed E-state index contributed by atoms with van der Waals surface area (Å²) in [6.07, 6.45) is 0. The molecule has 0 saturated carbocycles. The molecule has 296 valence electrons. The summed E-state index contributed by atoms with van der Waals surface area (Å²) < 4.78 is 0. The van der Waals surface area contributed by atoms with Crippen molar-refractivity contribution in [2.75, 3.05) is 5.32 Å². The molecule has 2 heterocycles. The number of fused-ring (bicyclic) bond motifs is 3. The lowest BCUT2D eigenvalue weighted by molar-refractivity contribution is 1.07. The Bertz CT molecular complexity index is 3320. The summed E-state index contributed by atoms with van der Waals surface area (Å²) >= 11 is 0. The molecule has 5 nitrogen and oxygen atoms in total. The highest BCUT2D eigenvalue weighted by Crippen LogP contribution is 2.43. The molecule has 11 aromatic rings. The molecule has 0 aliphatic heterocycles. The van der Waals surface area contributed by atoms with Crippen LogP contribution in [0.3, 0.4) is 0 Å². The third-order valence-electron chi connectivity index (χ3n) is 11.5. The van der Waals surface area contributed by atoms with Crippen LogP contribution < -0.4 is 5.32 Å². The summed E-state index contributed by atoms with van der Waals surface area (Å²) in [5.41, 5.74) is 14.7. The van der Waals surface area contributed by atoms with Gasteiger partial charge < -0.3 is 5.32 Å². The number of nitrogens with zero attached hydrogens (tertiary/aromatic N) is 4. The van der Waals surface area contributed by atoms with Gasteiger partial charge in [0.25, 0.3) is 0 Å². The van der Waals surface area contributed by atoms with E-state index in [1.165, 1.54) is 0 Å². The largest absolute Gasteiger partial charge is 0.354 e. The summed E-state index contributed by atoms with van der Waals surface area (Å²) in [6.45, 7) is 0. The van der Waals surface area contributed by atoms with Crippen LogP contribution in [0.5, 0.6) is 0 Å². The Labute approximate surface area is 366 Å². The minimum absolute atomic E-state index is 0.635. The molecule has 11 rings (SSSR count). The van der Waals surface area contributed by atoms with Crippen molar-refractivity contribution in [1.82, 2.24) is 19.9 Å². The van der Waals surface area contributed by atoms with E-state index in [0.29, 0.717) is 17.5 Å². The topological polar surface area (TPSA) is 63.6 Å². The zero-order valence-corrected chi connectivity index (χ0v) is 34.2. The van der Waals surface area contributed by atoms with Crippen LogP contribution in [0.1, 0.15) is 0 Å². The number of hydrogen-bond acceptors (Lipinski definition) is 5. The van der Waals surface area contributed by atoms with Crippen molar-refractivity contribution in [2.45, 2.75) is 0 Å². The number of para-hydroxylation sites is 2. The van der Waals surface area contributed by atoms with Gasteiger partial charge in [0.15, 0.2) is 17.5 Å². The minimum Gasteiger partial charge on any atom is -0.354 e. The molecule has 0 unspecified atom stereocenters. The molecule has 0 fully saturated rings. The minimum atomic E-state index is 0.635. The summed E-state index contributed by atoms with van der Waals surface area (Å²) in [5, 5.41) is 7.21. The second-order valence-corrected chi connectivity index (χ2v) is 15.5. The Kier molecular flexibility index (Phi) is 9.80. The highest BCUT2D eigenvalue weighted by molar-refractivity contribution is 6.19. The average molecular weight is 806 g/mol. The fourth-order valence-corrected chi connectivity index (χ4v) is 8.37. The Hall–Kier alpha value is -8.54. The first-order chi connectivity index (χ1) is 31.2. The first-order valence-corrected chi connectivity index (χ1v) is 21.1. The van der Waals surface area contributed by atoms with Crippen LogP contribution in [0, 0.1) is 0 Å². The number of anilines is 2. The van der Waals surface area contributed by atoms with E-state index in [1.807, 2.05) is 72.8 Å². The van der Waals surface area contributed by atoms with Crippen LogP contribution in [0.25, 0.3) is 100 Å². The molecular formula is C58H39N5. The Morgan fingerprint density at radius 2 is 0.746 bits per heavy atom. The zero-order valence-electron chi connectivity index (χ0n) is 34.2. The monoisotopic (exact) mass is 805 g/mol. The van der Waals surface area contributed by atoms with Gasteiger partial charge in [-0.15, -0.1) is 0 Å². The molecule has 0 atom stereocenters. The SMILES string of the molecule is c1ccc(Nc2c(-c3ccc(-c4ccc(-c5cccc(-c6nc(-c7ccccc7)nc(-c7ccccc7)n6)c5)cc4)cc3)ccc3c(-c4ccccc4)nc4ccccc4c23)cc1. The fourth-order valence-electron chi connectivity index (χ4n) is 8.37. The van der Waals surface area contributed by atoms with Gasteiger partial charge >= 0.3 is 0 Å². The lowest BCUT2D eigenvalue weighted by Gasteiger charge is -2.19. The van der Waals surface area contributed by atoms with Gasteiger partial charge in [-0.3, -0.25) is 0 Å². The van der Waals surface area contributed by atoms with Gasteiger partial charge in [-0.2, -0.15) is 0 Å². The van der Waals surface area contributed by atoms with Crippen LogP contribution in [0.15, 0.2) is 231 Å². The lowest BCUT2D eigenvalue weighted by atomic mass is 9.92. The second-order valence-electron chi connectivity index (χ2n) is 15.5. The summed E-state index contributed by atoms with van der Waals surface area (Å²) in [5.74, 6) is 1.93. The van der Waals surface area contributed by atoms with Crippen molar-refractivity contribution in [3.8, 4) is 78.8 Å². The van der Waals surface area contributed by atoms with E-state index < -0.39 is 0 Å². The molecule has 0 aliphatic rings. The van der Waals surface area contributed by atoms with E-state index in [-0.39, 0.29) is 0 Å². The summed E-state index contributed by atoms with van der Waals surface area (Å²) in [4.78, 5) is 20.0. The first kappa shape index (κ1) is 37.5. The van der Waals surface area contributed by atoms with Crippen LogP contribution in [0.4, 0.5) is 11.4 Å².